The van der Waals surface area contributed by atoms with Crippen LogP contribution in [0, 0.1) is 0 Å². The van der Waals surface area contributed by atoms with Gasteiger partial charge in [0.25, 0.3) is 0 Å². The molecule has 1 fully saturated rings. The molecule has 0 amide bonds. The van der Waals surface area contributed by atoms with E-state index in [4.69, 9.17) is 0 Å². The molecule has 3 N–H and O–H groups in total. The smallest absolute Gasteiger partial charge is 0.123 e. The van der Waals surface area contributed by atoms with Crippen LogP contribution >= 0.6 is 0 Å². The molecule has 0 radical (unpaired) electrons. The molecule has 0 bridgehead atoms. The number of piperazine rings is 1. The van der Waals surface area contributed by atoms with Gasteiger partial charge in [-0.15, -0.1) is 10.2 Å². The first-order valence-electron chi connectivity index (χ1n) is 11.9. The molecule has 33 heavy (non-hydrogen) atoms. The second kappa shape index (κ2) is 9.87. The van der Waals surface area contributed by atoms with Gasteiger partial charge in [-0.1, -0.05) is 37.3 Å². The molecule has 5 rings (SSSR count). The number of nitrogens with zero attached hydrogens (tertiary/aromatic N) is 4. The molecule has 3 heterocycles. The fourth-order valence-electron chi connectivity index (χ4n) is 5.45. The summed E-state index contributed by atoms with van der Waals surface area (Å²) in [6.07, 6.45) is 7.43. The predicted molar refractivity (Wildman–Crippen MR) is 130 cm³/mol. The third-order valence-electron chi connectivity index (χ3n) is 7.03. The molecular formula is C26H32N6O. The monoisotopic (exact) mass is 444 g/mol. The maximum Gasteiger partial charge on any atom is 0.123 e. The molecule has 3 atom stereocenters. The van der Waals surface area contributed by atoms with Gasteiger partial charge in [-0.2, -0.15) is 0 Å². The van der Waals surface area contributed by atoms with E-state index in [1.807, 2.05) is 4.57 Å². The number of nitrogens with one attached hydrogen (secondary N) is 2. The minimum Gasteiger partial charge on any atom is -0.396 e. The summed E-state index contributed by atoms with van der Waals surface area (Å²) in [4.78, 5) is 6.12. The number of aromatic nitrogens is 4. The third kappa shape index (κ3) is 4.31. The average molecular weight is 445 g/mol. The van der Waals surface area contributed by atoms with Crippen LogP contribution in [0.4, 0.5) is 0 Å². The van der Waals surface area contributed by atoms with E-state index < -0.39 is 0 Å². The van der Waals surface area contributed by atoms with Crippen LogP contribution in [0.5, 0.6) is 0 Å². The minimum absolute atomic E-state index is 0.183. The summed E-state index contributed by atoms with van der Waals surface area (Å²) in [6.45, 7) is 5.33. The number of aliphatic hydroxyl groups is 1. The van der Waals surface area contributed by atoms with Gasteiger partial charge >= 0.3 is 0 Å². The summed E-state index contributed by atoms with van der Waals surface area (Å²) in [6, 6.07) is 17.6. The highest BCUT2D eigenvalue weighted by molar-refractivity contribution is 5.85. The number of fused-ring (bicyclic) bond motifs is 1. The molecule has 0 aliphatic carbocycles. The number of rotatable bonds is 8. The van der Waals surface area contributed by atoms with E-state index in [0.717, 1.165) is 43.7 Å². The van der Waals surface area contributed by atoms with Crippen LogP contribution in [-0.4, -0.2) is 62.0 Å². The maximum atomic E-state index is 9.90. The van der Waals surface area contributed by atoms with Gasteiger partial charge in [-0.3, -0.25) is 9.47 Å². The quantitative estimate of drug-likeness (QED) is 0.387. The number of H-pyrrole nitrogens is 1. The van der Waals surface area contributed by atoms with Crippen molar-refractivity contribution in [3.63, 3.8) is 0 Å². The van der Waals surface area contributed by atoms with Crippen LogP contribution in [0.3, 0.4) is 0 Å². The number of aromatic amines is 1. The van der Waals surface area contributed by atoms with Crippen LogP contribution in [-0.2, 0) is 0 Å². The van der Waals surface area contributed by atoms with Crippen molar-refractivity contribution >= 4 is 10.9 Å². The summed E-state index contributed by atoms with van der Waals surface area (Å²) < 4.78 is 1.94. The van der Waals surface area contributed by atoms with Crippen molar-refractivity contribution in [2.75, 3.05) is 26.2 Å². The zero-order chi connectivity index (χ0) is 22.6. The van der Waals surface area contributed by atoms with Gasteiger partial charge in [0, 0.05) is 67.0 Å². The number of hydrogen-bond donors (Lipinski definition) is 3. The van der Waals surface area contributed by atoms with Crippen molar-refractivity contribution < 1.29 is 5.11 Å². The normalized spacial score (nSPS) is 19.0. The van der Waals surface area contributed by atoms with Crippen LogP contribution in [0.1, 0.15) is 42.9 Å². The fraction of sp³-hybridized carbons (Fsp3) is 0.385. The lowest BCUT2D eigenvalue weighted by Gasteiger charge is -2.45. The van der Waals surface area contributed by atoms with Gasteiger partial charge < -0.3 is 15.4 Å². The number of aliphatic hydroxyl groups excluding tert-OH is 1. The van der Waals surface area contributed by atoms with E-state index >= 15 is 0 Å². The summed E-state index contributed by atoms with van der Waals surface area (Å²) >= 11 is 0. The topological polar surface area (TPSA) is 82.0 Å². The zero-order valence-electron chi connectivity index (χ0n) is 19.1. The van der Waals surface area contributed by atoms with Crippen molar-refractivity contribution in [3.05, 3.63) is 78.5 Å². The highest BCUT2D eigenvalue weighted by Crippen LogP contribution is 2.37. The number of benzene rings is 2. The van der Waals surface area contributed by atoms with Gasteiger partial charge in [-0.05, 0) is 42.2 Å². The first-order valence-corrected chi connectivity index (χ1v) is 11.9. The first-order chi connectivity index (χ1) is 16.3. The van der Waals surface area contributed by atoms with Gasteiger partial charge in [0.05, 0.1) is 0 Å². The van der Waals surface area contributed by atoms with Crippen molar-refractivity contribution in [2.24, 2.45) is 0 Å². The summed E-state index contributed by atoms with van der Waals surface area (Å²) in [5.74, 6) is 0.354. The van der Waals surface area contributed by atoms with E-state index in [2.05, 4.69) is 87.0 Å². The Morgan fingerprint density at radius 2 is 1.94 bits per heavy atom. The molecule has 1 aliphatic rings. The van der Waals surface area contributed by atoms with Crippen molar-refractivity contribution in [1.82, 2.24) is 30.0 Å². The van der Waals surface area contributed by atoms with Crippen molar-refractivity contribution in [3.8, 4) is 5.69 Å². The fourth-order valence-corrected chi connectivity index (χ4v) is 5.45. The van der Waals surface area contributed by atoms with Gasteiger partial charge in [0.15, 0.2) is 0 Å². The standard InChI is InChI=1S/C26H32N6O/c1-2-21(23-15-28-24-9-8-20(14-22(23)24)31-17-29-30-18-31)26-16-27-11-12-32(26)25(10-13-33)19-6-4-3-5-7-19/h3-9,14-15,17-18,21,25-28,33H,2,10-13,16H2,1H3. The van der Waals surface area contributed by atoms with E-state index in [0.29, 0.717) is 12.0 Å². The summed E-state index contributed by atoms with van der Waals surface area (Å²) in [5.41, 5.74) is 4.83. The molecule has 2 aromatic heterocycles. The van der Waals surface area contributed by atoms with Crippen LogP contribution in [0.2, 0.25) is 0 Å². The Morgan fingerprint density at radius 1 is 1.12 bits per heavy atom. The average Bonchev–Trinajstić information content (AvgIpc) is 3.55. The number of hydrogen-bond acceptors (Lipinski definition) is 5. The van der Waals surface area contributed by atoms with Crippen LogP contribution in [0.25, 0.3) is 16.6 Å². The highest BCUT2D eigenvalue weighted by Gasteiger charge is 2.35. The lowest BCUT2D eigenvalue weighted by atomic mass is 9.85. The van der Waals surface area contributed by atoms with Crippen LogP contribution in [0.15, 0.2) is 67.4 Å². The van der Waals surface area contributed by atoms with Crippen LogP contribution < -0.4 is 5.32 Å². The zero-order valence-corrected chi connectivity index (χ0v) is 19.1. The Hall–Kier alpha value is -3.00. The molecule has 1 saturated heterocycles. The van der Waals surface area contributed by atoms with E-state index in [1.54, 1.807) is 12.7 Å². The van der Waals surface area contributed by atoms with Gasteiger partial charge in [0.2, 0.25) is 0 Å². The SMILES string of the molecule is CCC(c1c[nH]c2ccc(-n3cnnc3)cc12)C1CNCCN1C(CCO)c1ccccc1. The predicted octanol–water partition coefficient (Wildman–Crippen LogP) is 3.64. The maximum absolute atomic E-state index is 9.90. The Morgan fingerprint density at radius 3 is 2.70 bits per heavy atom. The second-order valence-electron chi connectivity index (χ2n) is 8.81. The molecule has 1 aliphatic heterocycles. The molecule has 0 saturated carbocycles. The van der Waals surface area contributed by atoms with Crippen molar-refractivity contribution in [1.29, 1.82) is 0 Å². The van der Waals surface area contributed by atoms with Crippen molar-refractivity contribution in [2.45, 2.75) is 37.8 Å². The molecule has 7 nitrogen and oxygen atoms in total. The molecular weight excluding hydrogens is 412 g/mol. The Kier molecular flexibility index (Phi) is 6.53. The lowest BCUT2D eigenvalue weighted by molar-refractivity contribution is 0.0706. The second-order valence-corrected chi connectivity index (χ2v) is 8.81. The summed E-state index contributed by atoms with van der Waals surface area (Å²) in [5, 5.41) is 22.7. The van der Waals surface area contributed by atoms with E-state index in [-0.39, 0.29) is 12.6 Å². The Bertz CT molecular complexity index is 1160. The van der Waals surface area contributed by atoms with Gasteiger partial charge in [-0.25, -0.2) is 0 Å². The lowest BCUT2D eigenvalue weighted by Crippen LogP contribution is -2.54. The minimum atomic E-state index is 0.183. The largest absolute Gasteiger partial charge is 0.396 e. The summed E-state index contributed by atoms with van der Waals surface area (Å²) in [7, 11) is 0. The Labute approximate surface area is 194 Å². The van der Waals surface area contributed by atoms with E-state index in [9.17, 15) is 5.11 Å². The van der Waals surface area contributed by atoms with E-state index in [1.165, 1.54) is 16.5 Å². The Balaban J connectivity index is 1.53. The molecule has 3 unspecified atom stereocenters. The van der Waals surface area contributed by atoms with Gasteiger partial charge in [0.1, 0.15) is 12.7 Å². The first kappa shape index (κ1) is 21.8. The highest BCUT2D eigenvalue weighted by atomic mass is 16.3. The molecule has 172 valence electrons. The third-order valence-corrected chi connectivity index (χ3v) is 7.03. The molecule has 0 spiro atoms. The molecule has 7 heteroatoms. The molecule has 4 aromatic rings. The molecule has 2 aromatic carbocycles.